The molecule has 1 amide bonds. The molecular formula is C22H23FN4O. The Kier molecular flexibility index (Phi) is 4.86. The topological polar surface area (TPSA) is 41.4 Å². The van der Waals surface area contributed by atoms with Crippen molar-refractivity contribution in [2.24, 2.45) is 0 Å². The van der Waals surface area contributed by atoms with E-state index in [9.17, 15) is 9.18 Å². The minimum atomic E-state index is -0.294. The first-order valence-corrected chi connectivity index (χ1v) is 9.49. The van der Waals surface area contributed by atoms with Crippen LogP contribution in [0.1, 0.15) is 28.5 Å². The largest absolute Gasteiger partial charge is 0.373 e. The van der Waals surface area contributed by atoms with E-state index >= 15 is 0 Å². The smallest absolute Gasteiger partial charge is 0.257 e. The van der Waals surface area contributed by atoms with E-state index in [-0.39, 0.29) is 11.7 Å². The second-order valence-electron chi connectivity index (χ2n) is 7.02. The molecule has 144 valence electrons. The standard InChI is InChI=1S/C22H23FN4O/c1-3-20-19(14-24-27(20)18-10-8-17(23)9-11-18)22(28)26-13-12-25(2)21-7-5-4-6-16(21)15-26/h4-11,14H,3,12-13,15H2,1-2H3. The van der Waals surface area contributed by atoms with Gasteiger partial charge in [0, 0.05) is 32.4 Å². The maximum atomic E-state index is 13.3. The van der Waals surface area contributed by atoms with Gasteiger partial charge in [0.2, 0.25) is 0 Å². The molecule has 0 saturated heterocycles. The predicted octanol–water partition coefficient (Wildman–Crippen LogP) is 3.67. The van der Waals surface area contributed by atoms with Crippen molar-refractivity contribution in [2.75, 3.05) is 25.0 Å². The van der Waals surface area contributed by atoms with Crippen molar-refractivity contribution in [3.05, 3.63) is 77.4 Å². The normalized spacial score (nSPS) is 14.0. The van der Waals surface area contributed by atoms with Crippen LogP contribution in [0.15, 0.2) is 54.7 Å². The van der Waals surface area contributed by atoms with Gasteiger partial charge in [-0.05, 0) is 42.3 Å². The maximum absolute atomic E-state index is 13.3. The lowest BCUT2D eigenvalue weighted by Crippen LogP contribution is -2.34. The van der Waals surface area contributed by atoms with Crippen LogP contribution in [-0.4, -0.2) is 40.7 Å². The second-order valence-corrected chi connectivity index (χ2v) is 7.02. The number of likely N-dealkylation sites (N-methyl/N-ethyl adjacent to an activating group) is 1. The van der Waals surface area contributed by atoms with E-state index in [0.717, 1.165) is 29.2 Å². The van der Waals surface area contributed by atoms with Crippen molar-refractivity contribution < 1.29 is 9.18 Å². The zero-order chi connectivity index (χ0) is 19.7. The van der Waals surface area contributed by atoms with Gasteiger partial charge in [0.15, 0.2) is 0 Å². The lowest BCUT2D eigenvalue weighted by atomic mass is 10.1. The molecule has 2 heterocycles. The molecule has 28 heavy (non-hydrogen) atoms. The van der Waals surface area contributed by atoms with Crippen LogP contribution in [0.2, 0.25) is 0 Å². The van der Waals surface area contributed by atoms with Gasteiger partial charge in [0.05, 0.1) is 23.1 Å². The Hall–Kier alpha value is -3.15. The van der Waals surface area contributed by atoms with Crippen LogP contribution < -0.4 is 4.90 Å². The molecule has 0 N–H and O–H groups in total. The number of aromatic nitrogens is 2. The van der Waals surface area contributed by atoms with E-state index in [0.29, 0.717) is 25.1 Å². The SMILES string of the molecule is CCc1c(C(=O)N2CCN(C)c3ccccc3C2)cnn1-c1ccc(F)cc1. The fraction of sp³-hybridized carbons (Fsp3) is 0.273. The van der Waals surface area contributed by atoms with Gasteiger partial charge < -0.3 is 9.80 Å². The third kappa shape index (κ3) is 3.26. The Morgan fingerprint density at radius 2 is 1.86 bits per heavy atom. The molecule has 0 spiro atoms. The Balaban J connectivity index is 1.66. The summed E-state index contributed by atoms with van der Waals surface area (Å²) in [6.07, 6.45) is 2.29. The number of halogens is 1. The van der Waals surface area contributed by atoms with Crippen molar-refractivity contribution in [1.82, 2.24) is 14.7 Å². The van der Waals surface area contributed by atoms with Gasteiger partial charge in [-0.25, -0.2) is 9.07 Å². The summed E-state index contributed by atoms with van der Waals surface area (Å²) in [5, 5.41) is 4.42. The number of nitrogens with zero attached hydrogens (tertiary/aromatic N) is 4. The minimum Gasteiger partial charge on any atom is -0.373 e. The first kappa shape index (κ1) is 18.2. The highest BCUT2D eigenvalue weighted by molar-refractivity contribution is 5.95. The highest BCUT2D eigenvalue weighted by Crippen LogP contribution is 2.25. The van der Waals surface area contributed by atoms with Gasteiger partial charge >= 0.3 is 0 Å². The molecule has 1 aromatic heterocycles. The van der Waals surface area contributed by atoms with Gasteiger partial charge in [-0.2, -0.15) is 5.10 Å². The number of amides is 1. The third-order valence-corrected chi connectivity index (χ3v) is 5.26. The number of rotatable bonds is 3. The molecule has 0 fully saturated rings. The number of fused-ring (bicyclic) bond motifs is 1. The number of hydrogen-bond donors (Lipinski definition) is 0. The van der Waals surface area contributed by atoms with E-state index in [2.05, 4.69) is 29.2 Å². The van der Waals surface area contributed by atoms with E-state index in [1.807, 2.05) is 24.0 Å². The minimum absolute atomic E-state index is 0.0182. The van der Waals surface area contributed by atoms with Crippen LogP contribution in [0, 0.1) is 5.82 Å². The summed E-state index contributed by atoms with van der Waals surface area (Å²) in [4.78, 5) is 17.4. The van der Waals surface area contributed by atoms with Crippen molar-refractivity contribution in [3.63, 3.8) is 0 Å². The van der Waals surface area contributed by atoms with Crippen LogP contribution in [-0.2, 0) is 13.0 Å². The molecule has 4 rings (SSSR count). The maximum Gasteiger partial charge on any atom is 0.257 e. The van der Waals surface area contributed by atoms with Gasteiger partial charge in [0.1, 0.15) is 5.82 Å². The summed E-state index contributed by atoms with van der Waals surface area (Å²) in [5.41, 5.74) is 4.49. The molecule has 1 aliphatic rings. The lowest BCUT2D eigenvalue weighted by molar-refractivity contribution is 0.0750. The number of benzene rings is 2. The molecule has 2 aromatic carbocycles. The van der Waals surface area contributed by atoms with Crippen molar-refractivity contribution >= 4 is 11.6 Å². The highest BCUT2D eigenvalue weighted by Gasteiger charge is 2.25. The van der Waals surface area contributed by atoms with Gasteiger partial charge in [0.25, 0.3) is 5.91 Å². The van der Waals surface area contributed by atoms with Crippen molar-refractivity contribution in [1.29, 1.82) is 0 Å². The summed E-state index contributed by atoms with van der Waals surface area (Å²) in [5.74, 6) is -0.312. The summed E-state index contributed by atoms with van der Waals surface area (Å²) >= 11 is 0. The van der Waals surface area contributed by atoms with Gasteiger partial charge in [-0.15, -0.1) is 0 Å². The van der Waals surface area contributed by atoms with E-state index < -0.39 is 0 Å². The Morgan fingerprint density at radius 1 is 1.11 bits per heavy atom. The van der Waals surface area contributed by atoms with Gasteiger partial charge in [-0.1, -0.05) is 25.1 Å². The van der Waals surface area contributed by atoms with Crippen molar-refractivity contribution in [2.45, 2.75) is 19.9 Å². The molecule has 0 atom stereocenters. The molecule has 5 nitrogen and oxygen atoms in total. The average molecular weight is 378 g/mol. The number of carbonyl (C=O) groups excluding carboxylic acids is 1. The molecule has 0 saturated carbocycles. The number of para-hydroxylation sites is 1. The third-order valence-electron chi connectivity index (χ3n) is 5.26. The summed E-state index contributed by atoms with van der Waals surface area (Å²) in [6.45, 7) is 3.99. The summed E-state index contributed by atoms with van der Waals surface area (Å²) in [6, 6.07) is 14.3. The molecule has 6 heteroatoms. The first-order valence-electron chi connectivity index (χ1n) is 9.49. The van der Waals surface area contributed by atoms with Gasteiger partial charge in [-0.3, -0.25) is 4.79 Å². The molecule has 0 aliphatic carbocycles. The van der Waals surface area contributed by atoms with E-state index in [1.54, 1.807) is 23.0 Å². The Bertz CT molecular complexity index is 996. The molecule has 3 aromatic rings. The summed E-state index contributed by atoms with van der Waals surface area (Å²) in [7, 11) is 2.05. The number of anilines is 1. The molecule has 0 unspecified atom stereocenters. The quantitative estimate of drug-likeness (QED) is 0.698. The van der Waals surface area contributed by atoms with Crippen molar-refractivity contribution in [3.8, 4) is 5.69 Å². The fourth-order valence-corrected chi connectivity index (χ4v) is 3.73. The van der Waals surface area contributed by atoms with Crippen LogP contribution in [0.25, 0.3) is 5.69 Å². The zero-order valence-electron chi connectivity index (χ0n) is 16.1. The summed E-state index contributed by atoms with van der Waals surface area (Å²) < 4.78 is 15.0. The fourth-order valence-electron chi connectivity index (χ4n) is 3.73. The Morgan fingerprint density at radius 3 is 2.61 bits per heavy atom. The zero-order valence-corrected chi connectivity index (χ0v) is 16.1. The molecule has 0 bridgehead atoms. The van der Waals surface area contributed by atoms with Crippen LogP contribution in [0.4, 0.5) is 10.1 Å². The predicted molar refractivity (Wildman–Crippen MR) is 107 cm³/mol. The monoisotopic (exact) mass is 378 g/mol. The van der Waals surface area contributed by atoms with Crippen LogP contribution in [0.3, 0.4) is 0 Å². The highest BCUT2D eigenvalue weighted by atomic mass is 19.1. The van der Waals surface area contributed by atoms with E-state index in [4.69, 9.17) is 0 Å². The lowest BCUT2D eigenvalue weighted by Gasteiger charge is -2.21. The molecule has 0 radical (unpaired) electrons. The van der Waals surface area contributed by atoms with E-state index in [1.165, 1.54) is 12.1 Å². The molecule has 1 aliphatic heterocycles. The first-order chi connectivity index (χ1) is 13.6. The number of hydrogen-bond acceptors (Lipinski definition) is 3. The number of carbonyl (C=O) groups is 1. The Labute approximate surface area is 164 Å². The second kappa shape index (κ2) is 7.46. The average Bonchev–Trinajstić information content (AvgIpc) is 3.07. The molecular weight excluding hydrogens is 355 g/mol. The van der Waals surface area contributed by atoms with Crippen LogP contribution in [0.5, 0.6) is 0 Å². The van der Waals surface area contributed by atoms with Crippen LogP contribution >= 0.6 is 0 Å².